The Morgan fingerprint density at radius 2 is 1.87 bits per heavy atom. The molecule has 1 aromatic carbocycles. The van der Waals surface area contributed by atoms with E-state index in [0.717, 1.165) is 12.0 Å². The molecular weight excluding hydrogens is 288 g/mol. The molecule has 2 rings (SSSR count). The highest BCUT2D eigenvalue weighted by Gasteiger charge is 2.53. The number of benzene rings is 1. The Labute approximate surface area is 138 Å². The maximum Gasteiger partial charge on any atom is 0.174 e. The zero-order valence-corrected chi connectivity index (χ0v) is 14.0. The van der Waals surface area contributed by atoms with Crippen LogP contribution in [0, 0.1) is 5.92 Å². The van der Waals surface area contributed by atoms with Crippen molar-refractivity contribution in [2.75, 3.05) is 0 Å². The minimum atomic E-state index is -1.53. The minimum Gasteiger partial charge on any atom is -0.384 e. The van der Waals surface area contributed by atoms with Crippen LogP contribution in [0.3, 0.4) is 0 Å². The Morgan fingerprint density at radius 3 is 2.39 bits per heavy atom. The fourth-order valence-electron chi connectivity index (χ4n) is 3.53. The summed E-state index contributed by atoms with van der Waals surface area (Å²) >= 11 is 0. The molecule has 0 saturated heterocycles. The molecule has 124 valence electrons. The summed E-state index contributed by atoms with van der Waals surface area (Å²) in [5.74, 6) is -0.986. The van der Waals surface area contributed by atoms with Crippen LogP contribution in [-0.4, -0.2) is 27.2 Å². The molecule has 0 heterocycles. The third kappa shape index (κ3) is 3.04. The zero-order valence-electron chi connectivity index (χ0n) is 14.0. The van der Waals surface area contributed by atoms with E-state index in [0.29, 0.717) is 18.4 Å². The number of rotatable bonds is 6. The molecule has 1 aliphatic carbocycles. The van der Waals surface area contributed by atoms with Gasteiger partial charge in [0.25, 0.3) is 0 Å². The summed E-state index contributed by atoms with van der Waals surface area (Å²) < 4.78 is 0. The highest BCUT2D eigenvalue weighted by molar-refractivity contribution is 5.99. The van der Waals surface area contributed by atoms with Gasteiger partial charge >= 0.3 is 0 Å². The fourth-order valence-corrected chi connectivity index (χ4v) is 3.53. The largest absolute Gasteiger partial charge is 0.384 e. The van der Waals surface area contributed by atoms with Gasteiger partial charge in [-0.1, -0.05) is 56.7 Å². The molecule has 0 spiro atoms. The second kappa shape index (κ2) is 6.81. The summed E-state index contributed by atoms with van der Waals surface area (Å²) in [6.07, 6.45) is 5.07. The van der Waals surface area contributed by atoms with Crippen LogP contribution in [0.15, 0.2) is 49.1 Å². The normalized spacial score (nSPS) is 30.9. The molecule has 3 atom stereocenters. The minimum absolute atomic E-state index is 0.290. The molecule has 0 aliphatic heterocycles. The molecule has 23 heavy (non-hydrogen) atoms. The molecule has 3 heteroatoms. The SMILES string of the molecule is C=CCC1C(=O)C(O)(CC)C=C(c2ccccc2)C1(O)CCC. The number of ketones is 1. The topological polar surface area (TPSA) is 57.5 Å². The van der Waals surface area contributed by atoms with Crippen molar-refractivity contribution < 1.29 is 15.0 Å². The number of carbonyl (C=O) groups excluding carboxylic acids is 1. The van der Waals surface area contributed by atoms with Gasteiger partial charge in [0.05, 0.1) is 5.92 Å². The van der Waals surface area contributed by atoms with Crippen LogP contribution in [0.4, 0.5) is 0 Å². The smallest absolute Gasteiger partial charge is 0.174 e. The molecule has 2 N–H and O–H groups in total. The first-order valence-electron chi connectivity index (χ1n) is 8.31. The first-order chi connectivity index (χ1) is 10.9. The Hall–Kier alpha value is -1.71. The Bertz CT molecular complexity index is 605. The summed E-state index contributed by atoms with van der Waals surface area (Å²) in [7, 11) is 0. The van der Waals surface area contributed by atoms with E-state index in [9.17, 15) is 15.0 Å². The number of aliphatic hydroxyl groups is 2. The molecule has 0 radical (unpaired) electrons. The Balaban J connectivity index is 2.68. The van der Waals surface area contributed by atoms with Gasteiger partial charge < -0.3 is 10.2 Å². The predicted octanol–water partition coefficient (Wildman–Crippen LogP) is 3.52. The third-order valence-corrected chi connectivity index (χ3v) is 4.83. The number of allylic oxidation sites excluding steroid dienone is 1. The number of hydrogen-bond donors (Lipinski definition) is 2. The lowest BCUT2D eigenvalue weighted by atomic mass is 9.63. The lowest BCUT2D eigenvalue weighted by Crippen LogP contribution is -2.55. The van der Waals surface area contributed by atoms with E-state index in [1.165, 1.54) is 0 Å². The van der Waals surface area contributed by atoms with Gasteiger partial charge in [-0.15, -0.1) is 6.58 Å². The molecule has 1 aliphatic rings. The van der Waals surface area contributed by atoms with Gasteiger partial charge in [-0.05, 0) is 36.5 Å². The van der Waals surface area contributed by atoms with E-state index in [2.05, 4.69) is 6.58 Å². The number of carbonyl (C=O) groups is 1. The molecule has 0 saturated carbocycles. The van der Waals surface area contributed by atoms with Crippen molar-refractivity contribution in [1.82, 2.24) is 0 Å². The molecule has 1 aromatic rings. The van der Waals surface area contributed by atoms with E-state index in [1.54, 1.807) is 19.1 Å². The van der Waals surface area contributed by atoms with E-state index in [4.69, 9.17) is 0 Å². The molecule has 0 fully saturated rings. The van der Waals surface area contributed by atoms with Gasteiger partial charge in [0.2, 0.25) is 0 Å². The molecular formula is C20H26O3. The zero-order chi connectivity index (χ0) is 17.1. The second-order valence-electron chi connectivity index (χ2n) is 6.32. The van der Waals surface area contributed by atoms with Crippen LogP contribution in [0.2, 0.25) is 0 Å². The highest BCUT2D eigenvalue weighted by atomic mass is 16.3. The Kier molecular flexibility index (Phi) is 5.23. The van der Waals surface area contributed by atoms with Gasteiger partial charge in [-0.25, -0.2) is 0 Å². The van der Waals surface area contributed by atoms with Crippen molar-refractivity contribution in [1.29, 1.82) is 0 Å². The van der Waals surface area contributed by atoms with Gasteiger partial charge in [0.15, 0.2) is 5.78 Å². The average molecular weight is 314 g/mol. The van der Waals surface area contributed by atoms with Gasteiger partial charge in [-0.2, -0.15) is 0 Å². The summed E-state index contributed by atoms with van der Waals surface area (Å²) in [5.41, 5.74) is -1.31. The first kappa shape index (κ1) is 17.6. The van der Waals surface area contributed by atoms with Crippen molar-refractivity contribution in [2.45, 2.75) is 50.7 Å². The maximum absolute atomic E-state index is 12.8. The highest BCUT2D eigenvalue weighted by Crippen LogP contribution is 2.46. The molecule has 0 aromatic heterocycles. The predicted molar refractivity (Wildman–Crippen MR) is 92.8 cm³/mol. The van der Waals surface area contributed by atoms with Crippen molar-refractivity contribution in [2.24, 2.45) is 5.92 Å². The van der Waals surface area contributed by atoms with Gasteiger partial charge in [-0.3, -0.25) is 4.79 Å². The quantitative estimate of drug-likeness (QED) is 0.790. The van der Waals surface area contributed by atoms with E-state index in [1.807, 2.05) is 37.3 Å². The lowest BCUT2D eigenvalue weighted by molar-refractivity contribution is -0.146. The number of Topliss-reactive ketones (excluding diaryl/α,β-unsaturated/α-hetero) is 1. The lowest BCUT2D eigenvalue weighted by Gasteiger charge is -2.45. The maximum atomic E-state index is 12.8. The summed E-state index contributed by atoms with van der Waals surface area (Å²) in [5, 5.41) is 22.2. The van der Waals surface area contributed by atoms with Crippen LogP contribution in [0.5, 0.6) is 0 Å². The van der Waals surface area contributed by atoms with Crippen LogP contribution in [0.1, 0.15) is 45.1 Å². The monoisotopic (exact) mass is 314 g/mol. The summed E-state index contributed by atoms with van der Waals surface area (Å²) in [6, 6.07) is 9.51. The molecule has 3 nitrogen and oxygen atoms in total. The van der Waals surface area contributed by atoms with E-state index in [-0.39, 0.29) is 12.2 Å². The van der Waals surface area contributed by atoms with Crippen LogP contribution < -0.4 is 0 Å². The van der Waals surface area contributed by atoms with Crippen LogP contribution >= 0.6 is 0 Å². The van der Waals surface area contributed by atoms with Crippen LogP contribution in [0.25, 0.3) is 5.57 Å². The third-order valence-electron chi connectivity index (χ3n) is 4.83. The van der Waals surface area contributed by atoms with Gasteiger partial charge in [0.1, 0.15) is 11.2 Å². The van der Waals surface area contributed by atoms with Crippen molar-refractivity contribution >= 4 is 11.4 Å². The summed E-state index contributed by atoms with van der Waals surface area (Å²) in [4.78, 5) is 12.8. The molecule has 0 amide bonds. The molecule has 0 bridgehead atoms. The van der Waals surface area contributed by atoms with E-state index < -0.39 is 17.1 Å². The summed E-state index contributed by atoms with van der Waals surface area (Å²) in [6.45, 7) is 7.49. The fraction of sp³-hybridized carbons (Fsp3) is 0.450. The van der Waals surface area contributed by atoms with Crippen molar-refractivity contribution in [3.63, 3.8) is 0 Å². The van der Waals surface area contributed by atoms with Crippen molar-refractivity contribution in [3.8, 4) is 0 Å². The first-order valence-corrected chi connectivity index (χ1v) is 8.31. The average Bonchev–Trinajstić information content (AvgIpc) is 2.56. The van der Waals surface area contributed by atoms with Crippen molar-refractivity contribution in [3.05, 3.63) is 54.6 Å². The molecule has 3 unspecified atom stereocenters. The van der Waals surface area contributed by atoms with E-state index >= 15 is 0 Å². The second-order valence-corrected chi connectivity index (χ2v) is 6.32. The standard InChI is InChI=1S/C20H26O3/c1-4-10-16-18(21)19(22,6-3)14-17(20(16,23)13-5-2)15-11-8-7-9-12-15/h4,7-9,11-12,14,16,22-23H,1,5-6,10,13H2,2-3H3. The number of hydrogen-bond acceptors (Lipinski definition) is 3. The Morgan fingerprint density at radius 1 is 1.22 bits per heavy atom. The van der Waals surface area contributed by atoms with Gasteiger partial charge in [0, 0.05) is 0 Å². The van der Waals surface area contributed by atoms with Crippen LogP contribution in [-0.2, 0) is 4.79 Å².